The number of anilines is 3. The zero-order chi connectivity index (χ0) is 35.6. The molecule has 0 saturated carbocycles. The number of para-hydroxylation sites is 1. The molecule has 4 heteroatoms. The Morgan fingerprint density at radius 2 is 1.46 bits per heavy atom. The van der Waals surface area contributed by atoms with Gasteiger partial charge in [0.05, 0.1) is 12.0 Å². The van der Waals surface area contributed by atoms with Crippen LogP contribution in [-0.4, -0.2) is 4.98 Å². The van der Waals surface area contributed by atoms with E-state index in [0.29, 0.717) is 0 Å². The van der Waals surface area contributed by atoms with Gasteiger partial charge in [0, 0.05) is 39.9 Å². The van der Waals surface area contributed by atoms with Crippen LogP contribution in [0.5, 0.6) is 11.5 Å². The van der Waals surface area contributed by atoms with Crippen LogP contribution in [0.25, 0.3) is 49.6 Å². The number of allylic oxidation sites excluding steroid dienone is 6. The minimum Gasteiger partial charge on any atom is -0.464 e. The van der Waals surface area contributed by atoms with Gasteiger partial charge >= 0.3 is 0 Å². The lowest BCUT2D eigenvalue weighted by Crippen LogP contribution is -2.10. The molecule has 6 aromatic carbocycles. The quantitative estimate of drug-likeness (QED) is 0.129. The molecule has 0 atom stereocenters. The van der Waals surface area contributed by atoms with Crippen molar-refractivity contribution in [2.24, 2.45) is 0 Å². The average molecular weight is 675 g/mol. The van der Waals surface area contributed by atoms with E-state index in [-0.39, 0.29) is 0 Å². The third-order valence-electron chi connectivity index (χ3n) is 9.42. The summed E-state index contributed by atoms with van der Waals surface area (Å²) < 4.78 is 12.5. The van der Waals surface area contributed by atoms with Gasteiger partial charge in [-0.2, -0.15) is 0 Å². The number of fused-ring (bicyclic) bond motifs is 4. The van der Waals surface area contributed by atoms with Gasteiger partial charge in [-0.3, -0.25) is 0 Å². The second kappa shape index (κ2) is 13.9. The average Bonchev–Trinajstić information content (AvgIpc) is 3.64. The normalized spacial score (nSPS) is 14.3. The van der Waals surface area contributed by atoms with Gasteiger partial charge < -0.3 is 19.4 Å². The molecule has 52 heavy (non-hydrogen) atoms. The van der Waals surface area contributed by atoms with Gasteiger partial charge in [-0.25, -0.2) is 0 Å². The van der Waals surface area contributed by atoms with E-state index >= 15 is 0 Å². The van der Waals surface area contributed by atoms with Crippen LogP contribution in [0.1, 0.15) is 30.7 Å². The summed E-state index contributed by atoms with van der Waals surface area (Å²) in [5.41, 5.74) is 9.84. The lowest BCUT2D eigenvalue weighted by atomic mass is 9.98. The topological polar surface area (TPSA) is 37.5 Å². The molecule has 1 N–H and O–H groups in total. The Morgan fingerprint density at radius 3 is 2.23 bits per heavy atom. The molecular formula is C48H38N2O2. The lowest BCUT2D eigenvalue weighted by Gasteiger charge is -2.26. The van der Waals surface area contributed by atoms with Gasteiger partial charge in [0.15, 0.2) is 5.75 Å². The molecule has 7 aromatic rings. The molecule has 0 fully saturated rings. The largest absolute Gasteiger partial charge is 0.464 e. The highest BCUT2D eigenvalue weighted by molar-refractivity contribution is 6.08. The van der Waals surface area contributed by atoms with Crippen molar-refractivity contribution in [3.05, 3.63) is 194 Å². The number of nitrogens with zero attached hydrogens (tertiary/aromatic N) is 1. The van der Waals surface area contributed by atoms with Crippen molar-refractivity contribution in [1.82, 2.24) is 4.98 Å². The number of hydrogen-bond donors (Lipinski definition) is 1. The van der Waals surface area contributed by atoms with Crippen LogP contribution >= 0.6 is 0 Å². The van der Waals surface area contributed by atoms with E-state index in [4.69, 9.17) is 9.47 Å². The SMILES string of the molecule is C=C(C)c1cccc(-c2ccc(N(c3ccc(/C4=C/C=C\C(=C)c5[nH]ccc5O4)cc3)c3ccc4c(ccc5ccccc54)c3)cc2)c1O/C=C\C. The van der Waals surface area contributed by atoms with E-state index in [0.717, 1.165) is 73.4 Å². The predicted molar refractivity (Wildman–Crippen MR) is 219 cm³/mol. The molecule has 0 radical (unpaired) electrons. The van der Waals surface area contributed by atoms with Gasteiger partial charge in [-0.15, -0.1) is 0 Å². The Hall–Kier alpha value is -6.78. The highest BCUT2D eigenvalue weighted by Crippen LogP contribution is 2.41. The van der Waals surface area contributed by atoms with E-state index in [2.05, 4.69) is 144 Å². The Kier molecular flexibility index (Phi) is 8.64. The van der Waals surface area contributed by atoms with E-state index < -0.39 is 0 Å². The smallest absolute Gasteiger partial charge is 0.152 e. The van der Waals surface area contributed by atoms with Crippen molar-refractivity contribution >= 4 is 55.5 Å². The molecule has 0 aliphatic carbocycles. The van der Waals surface area contributed by atoms with Crippen molar-refractivity contribution in [3.63, 3.8) is 0 Å². The molecule has 1 aliphatic heterocycles. The van der Waals surface area contributed by atoms with Crippen molar-refractivity contribution in [1.29, 1.82) is 0 Å². The summed E-state index contributed by atoms with van der Waals surface area (Å²) in [6.45, 7) is 12.3. The molecule has 0 spiro atoms. The van der Waals surface area contributed by atoms with Gasteiger partial charge in [0.2, 0.25) is 0 Å². The maximum Gasteiger partial charge on any atom is 0.152 e. The zero-order valence-corrected chi connectivity index (χ0v) is 29.3. The van der Waals surface area contributed by atoms with Gasteiger partial charge in [-0.1, -0.05) is 104 Å². The van der Waals surface area contributed by atoms with E-state index in [1.807, 2.05) is 50.4 Å². The number of aromatic amines is 1. The van der Waals surface area contributed by atoms with E-state index in [1.54, 1.807) is 6.26 Å². The molecule has 8 rings (SSSR count). The molecule has 4 nitrogen and oxygen atoms in total. The Morgan fingerprint density at radius 1 is 0.750 bits per heavy atom. The summed E-state index contributed by atoms with van der Waals surface area (Å²) in [4.78, 5) is 5.54. The molecule has 0 saturated heterocycles. The maximum atomic E-state index is 6.38. The maximum absolute atomic E-state index is 6.38. The molecule has 2 heterocycles. The minimum absolute atomic E-state index is 0.753. The van der Waals surface area contributed by atoms with Crippen LogP contribution < -0.4 is 14.4 Å². The van der Waals surface area contributed by atoms with Crippen LogP contribution in [0.15, 0.2) is 177 Å². The Labute approximate surface area is 304 Å². The predicted octanol–water partition coefficient (Wildman–Crippen LogP) is 13.4. The number of aromatic nitrogens is 1. The number of H-pyrrole nitrogens is 1. The standard InChI is InChI=1S/C48H38N2O2/c1-5-30-51-48-41(32(2)3)13-9-14-44(48)35-18-22-38(23-19-35)50(40-26-27-43-37(31-40)17-16-34-11-6-7-12-42(34)43)39-24-20-36(21-25-39)45-15-8-10-33(4)47-46(52-45)28-29-49-47/h5-31,49H,2,4H2,1,3H3/b10-8-,30-5-,45-15-. The van der Waals surface area contributed by atoms with Gasteiger partial charge in [0.1, 0.15) is 11.5 Å². The minimum atomic E-state index is 0.753. The fourth-order valence-electron chi connectivity index (χ4n) is 6.85. The fraction of sp³-hybridized carbons (Fsp3) is 0.0417. The van der Waals surface area contributed by atoms with E-state index in [1.165, 1.54) is 21.5 Å². The van der Waals surface area contributed by atoms with Crippen molar-refractivity contribution in [2.75, 3.05) is 4.90 Å². The first kappa shape index (κ1) is 32.4. The summed E-state index contributed by atoms with van der Waals surface area (Å²) >= 11 is 0. The van der Waals surface area contributed by atoms with Crippen LogP contribution in [0.2, 0.25) is 0 Å². The zero-order valence-electron chi connectivity index (χ0n) is 29.3. The first-order valence-corrected chi connectivity index (χ1v) is 17.4. The second-order valence-electron chi connectivity index (χ2n) is 12.9. The summed E-state index contributed by atoms with van der Waals surface area (Å²) in [6, 6.07) is 45.0. The van der Waals surface area contributed by atoms with Crippen molar-refractivity contribution < 1.29 is 9.47 Å². The molecule has 1 aliphatic rings. The van der Waals surface area contributed by atoms with Crippen LogP contribution in [0.4, 0.5) is 17.1 Å². The Bertz CT molecular complexity index is 2570. The molecular weight excluding hydrogens is 637 g/mol. The molecule has 252 valence electrons. The second-order valence-corrected chi connectivity index (χ2v) is 12.9. The number of benzene rings is 6. The molecule has 0 amide bonds. The fourth-order valence-corrected chi connectivity index (χ4v) is 6.85. The van der Waals surface area contributed by atoms with E-state index in [9.17, 15) is 0 Å². The van der Waals surface area contributed by atoms with Gasteiger partial charge in [0.25, 0.3) is 0 Å². The highest BCUT2D eigenvalue weighted by Gasteiger charge is 2.18. The Balaban J connectivity index is 1.21. The van der Waals surface area contributed by atoms with Gasteiger partial charge in [-0.05, 0) is 113 Å². The molecule has 0 unspecified atom stereocenters. The van der Waals surface area contributed by atoms with Crippen LogP contribution in [-0.2, 0) is 0 Å². The summed E-state index contributed by atoms with van der Waals surface area (Å²) in [7, 11) is 0. The first-order valence-electron chi connectivity index (χ1n) is 17.4. The highest BCUT2D eigenvalue weighted by atomic mass is 16.5. The summed E-state index contributed by atoms with van der Waals surface area (Å²) in [5.74, 6) is 2.31. The number of ether oxygens (including phenoxy) is 2. The monoisotopic (exact) mass is 674 g/mol. The first-order chi connectivity index (χ1) is 25.5. The van der Waals surface area contributed by atoms with Crippen molar-refractivity contribution in [3.8, 4) is 22.6 Å². The lowest BCUT2D eigenvalue weighted by molar-refractivity contribution is 0.480. The molecule has 0 bridgehead atoms. The third kappa shape index (κ3) is 6.12. The number of nitrogens with one attached hydrogen (secondary N) is 1. The number of rotatable bonds is 8. The molecule has 1 aromatic heterocycles. The number of hydrogen-bond acceptors (Lipinski definition) is 3. The summed E-state index contributed by atoms with van der Waals surface area (Å²) in [5, 5.41) is 4.89. The summed E-state index contributed by atoms with van der Waals surface area (Å²) in [6.07, 6.45) is 11.4. The third-order valence-corrected chi connectivity index (χ3v) is 9.42. The van der Waals surface area contributed by atoms with Crippen LogP contribution in [0.3, 0.4) is 0 Å². The van der Waals surface area contributed by atoms with Crippen LogP contribution in [0, 0.1) is 0 Å². The van der Waals surface area contributed by atoms with Crippen molar-refractivity contribution in [2.45, 2.75) is 13.8 Å².